The number of ether oxygens (including phenoxy) is 5. The number of aliphatic hydroxyl groups excluding tert-OH is 1. The lowest BCUT2D eigenvalue weighted by Crippen LogP contribution is -2.64. The summed E-state index contributed by atoms with van der Waals surface area (Å²) in [4.78, 5) is 57.9. The van der Waals surface area contributed by atoms with Crippen molar-refractivity contribution in [1.29, 1.82) is 0 Å². The van der Waals surface area contributed by atoms with E-state index in [1.807, 2.05) is 20.8 Å². The van der Waals surface area contributed by atoms with Crippen molar-refractivity contribution in [2.75, 3.05) is 27.9 Å². The zero-order valence-corrected chi connectivity index (χ0v) is 35.5. The predicted molar refractivity (Wildman–Crippen MR) is 211 cm³/mol. The molecule has 4 aliphatic rings. The van der Waals surface area contributed by atoms with Gasteiger partial charge in [0.1, 0.15) is 24.0 Å². The number of cyclic esters (lactones) is 1. The third-order valence-electron chi connectivity index (χ3n) is 12.9. The van der Waals surface area contributed by atoms with Crippen molar-refractivity contribution in [3.8, 4) is 0 Å². The van der Waals surface area contributed by atoms with Crippen LogP contribution in [0, 0.1) is 29.6 Å². The summed E-state index contributed by atoms with van der Waals surface area (Å²) in [6, 6.07) is -1.04. The number of methoxy groups -OCH3 is 3. The molecule has 12 nitrogen and oxygen atoms in total. The third-order valence-corrected chi connectivity index (χ3v) is 12.9. The maximum absolute atomic E-state index is 14.3. The van der Waals surface area contributed by atoms with Crippen LogP contribution in [0.5, 0.6) is 0 Å². The summed E-state index contributed by atoms with van der Waals surface area (Å²) >= 11 is 0. The summed E-state index contributed by atoms with van der Waals surface area (Å²) in [5, 5.41) is 22.5. The molecular weight excluding hydrogens is 718 g/mol. The molecule has 3 aliphatic heterocycles. The molecule has 318 valence electrons. The number of fused-ring (bicyclic) bond motifs is 3. The number of nitrogens with zero attached hydrogens (tertiary/aromatic N) is 1. The molecule has 1 aliphatic carbocycles. The van der Waals surface area contributed by atoms with Gasteiger partial charge in [0.05, 0.1) is 24.4 Å². The molecule has 1 amide bonds. The highest BCUT2D eigenvalue weighted by Crippen LogP contribution is 2.39. The zero-order valence-electron chi connectivity index (χ0n) is 35.5. The van der Waals surface area contributed by atoms with Crippen LogP contribution < -0.4 is 0 Å². The number of carbonyl (C=O) groups excluding carboxylic acids is 4. The van der Waals surface area contributed by atoms with Gasteiger partial charge in [-0.2, -0.15) is 0 Å². The predicted octanol–water partition coefficient (Wildman–Crippen LogP) is 5.89. The van der Waals surface area contributed by atoms with E-state index in [0.29, 0.717) is 57.8 Å². The molecule has 0 radical (unpaired) electrons. The second kappa shape index (κ2) is 21.0. The number of piperidine rings is 1. The van der Waals surface area contributed by atoms with Crippen LogP contribution in [-0.4, -0.2) is 115 Å². The number of aliphatic hydroxyl groups is 2. The number of amides is 1. The van der Waals surface area contributed by atoms with E-state index in [4.69, 9.17) is 23.7 Å². The Balaban J connectivity index is 1.74. The van der Waals surface area contributed by atoms with E-state index in [-0.39, 0.29) is 48.5 Å². The number of allylic oxidation sites excluding steroid dienone is 3. The summed E-state index contributed by atoms with van der Waals surface area (Å²) in [6.45, 7) is 11.9. The van der Waals surface area contributed by atoms with Crippen molar-refractivity contribution < 1.29 is 53.1 Å². The highest BCUT2D eigenvalue weighted by molar-refractivity contribution is 6.39. The number of ketones is 2. The number of carbonyl (C=O) groups is 4. The van der Waals surface area contributed by atoms with Gasteiger partial charge in [0.2, 0.25) is 5.79 Å². The van der Waals surface area contributed by atoms with E-state index in [1.54, 1.807) is 28.3 Å². The molecular formula is C44H71NO11. The van der Waals surface area contributed by atoms with Gasteiger partial charge in [0, 0.05) is 46.1 Å². The number of Topliss-reactive ketones (excluding diaryl/α,β-unsaturated/α-hetero) is 2. The average molecular weight is 790 g/mol. The maximum atomic E-state index is 14.3. The molecule has 0 aromatic carbocycles. The second-order valence-corrected chi connectivity index (χ2v) is 17.4. The zero-order chi connectivity index (χ0) is 41.3. The van der Waals surface area contributed by atoms with Gasteiger partial charge in [-0.15, -0.1) is 0 Å². The monoisotopic (exact) mass is 790 g/mol. The van der Waals surface area contributed by atoms with Crippen LogP contribution in [0.15, 0.2) is 23.3 Å². The van der Waals surface area contributed by atoms with E-state index >= 15 is 0 Å². The standard InChI is InChI=1S/C44H71NO11/c1-10-13-32-21-26(2)20-27(3)22-37(53-8)40-38(54-9)24-30(6)44(51,56-40)41(48)42(49)45-19-12-11-14-33(45)43(50)55-39(28(4)15-17-34(32)46)29(5)23-31-16-18-35(47)36(25-31)52-7/h21,23,27-28,30-33,35-40,47,51H,10-20,22,24-25H2,1-9H3/t27?,28?,30?,31?,32?,33?,35-,36?,37?,38?,39?,40?,44?/m0/s1. The fourth-order valence-electron chi connectivity index (χ4n) is 9.61. The Kier molecular flexibility index (Phi) is 17.3. The first kappa shape index (κ1) is 46.2. The van der Waals surface area contributed by atoms with Crippen molar-refractivity contribution in [2.45, 2.75) is 173 Å². The lowest BCUT2D eigenvalue weighted by molar-refractivity contribution is -0.302. The van der Waals surface area contributed by atoms with Crippen LogP contribution in [0.2, 0.25) is 0 Å². The normalized spacial score (nSPS) is 39.3. The molecule has 0 aromatic heterocycles. The molecule has 3 fully saturated rings. The fourth-order valence-corrected chi connectivity index (χ4v) is 9.61. The van der Waals surface area contributed by atoms with Crippen molar-refractivity contribution in [3.63, 3.8) is 0 Å². The van der Waals surface area contributed by atoms with Gasteiger partial charge < -0.3 is 38.8 Å². The largest absolute Gasteiger partial charge is 0.456 e. The van der Waals surface area contributed by atoms with Gasteiger partial charge in [0.15, 0.2) is 0 Å². The van der Waals surface area contributed by atoms with Crippen LogP contribution in [0.3, 0.4) is 0 Å². The van der Waals surface area contributed by atoms with Crippen molar-refractivity contribution >= 4 is 23.4 Å². The second-order valence-electron chi connectivity index (χ2n) is 17.4. The van der Waals surface area contributed by atoms with Gasteiger partial charge in [-0.05, 0) is 108 Å². The molecule has 0 aromatic rings. The van der Waals surface area contributed by atoms with Gasteiger partial charge in [-0.1, -0.05) is 51.8 Å². The van der Waals surface area contributed by atoms with Crippen LogP contribution in [-0.2, 0) is 42.9 Å². The Hall–Kier alpha value is -2.48. The van der Waals surface area contributed by atoms with Crippen molar-refractivity contribution in [2.24, 2.45) is 29.6 Å². The Labute approximate surface area is 335 Å². The number of hydrogen-bond donors (Lipinski definition) is 2. The summed E-state index contributed by atoms with van der Waals surface area (Å²) in [5.74, 6) is -6.14. The minimum absolute atomic E-state index is 0.0907. The fraction of sp³-hybridized carbons (Fsp3) is 0.818. The third kappa shape index (κ3) is 11.2. The van der Waals surface area contributed by atoms with Crippen LogP contribution in [0.1, 0.15) is 125 Å². The van der Waals surface area contributed by atoms with Crippen LogP contribution >= 0.6 is 0 Å². The van der Waals surface area contributed by atoms with Gasteiger partial charge in [-0.25, -0.2) is 4.79 Å². The Bertz CT molecular complexity index is 1410. The van der Waals surface area contributed by atoms with Gasteiger partial charge in [-0.3, -0.25) is 14.4 Å². The van der Waals surface area contributed by atoms with Crippen molar-refractivity contribution in [3.05, 3.63) is 23.3 Å². The molecule has 12 unspecified atom stereocenters. The van der Waals surface area contributed by atoms with Crippen LogP contribution in [0.4, 0.5) is 0 Å². The first-order valence-electron chi connectivity index (χ1n) is 21.2. The van der Waals surface area contributed by atoms with Gasteiger partial charge in [0.25, 0.3) is 11.7 Å². The molecule has 0 spiro atoms. The molecule has 12 heteroatoms. The lowest BCUT2D eigenvalue weighted by Gasteiger charge is -2.47. The molecule has 13 atom stereocenters. The molecule has 56 heavy (non-hydrogen) atoms. The molecule has 3 heterocycles. The number of rotatable bonds is 7. The SMILES string of the molecule is CCCC1C=C(C)CC(C)CC(OC)C2OC(O)(C(=O)C(=O)N3CCCCC3C(=O)OC(C(C)=CC3CC[C@H](O)C(OC)C3)C(C)CCC1=O)C(C)CC2OC. The first-order chi connectivity index (χ1) is 26.6. The molecule has 2 saturated heterocycles. The highest BCUT2D eigenvalue weighted by atomic mass is 16.7. The summed E-state index contributed by atoms with van der Waals surface area (Å²) in [6.07, 6.45) is 8.07. The van der Waals surface area contributed by atoms with Gasteiger partial charge >= 0.3 is 5.97 Å². The Morgan fingerprint density at radius 2 is 1.62 bits per heavy atom. The molecule has 4 rings (SSSR count). The van der Waals surface area contributed by atoms with E-state index in [2.05, 4.69) is 26.0 Å². The summed E-state index contributed by atoms with van der Waals surface area (Å²) in [5.41, 5.74) is 1.92. The minimum Gasteiger partial charge on any atom is -0.456 e. The summed E-state index contributed by atoms with van der Waals surface area (Å²) in [7, 11) is 4.71. The maximum Gasteiger partial charge on any atom is 0.329 e. The summed E-state index contributed by atoms with van der Waals surface area (Å²) < 4.78 is 30.0. The quantitative estimate of drug-likeness (QED) is 0.180. The molecule has 1 saturated carbocycles. The van der Waals surface area contributed by atoms with E-state index in [0.717, 1.165) is 30.4 Å². The average Bonchev–Trinajstić information content (AvgIpc) is 3.18. The molecule has 2 N–H and O–H groups in total. The smallest absolute Gasteiger partial charge is 0.329 e. The number of hydrogen-bond acceptors (Lipinski definition) is 11. The first-order valence-corrected chi connectivity index (χ1v) is 21.2. The van der Waals surface area contributed by atoms with E-state index in [1.165, 1.54) is 4.90 Å². The lowest BCUT2D eigenvalue weighted by atomic mass is 9.82. The Morgan fingerprint density at radius 1 is 0.946 bits per heavy atom. The highest BCUT2D eigenvalue weighted by Gasteiger charge is 2.56. The van der Waals surface area contributed by atoms with Crippen LogP contribution in [0.25, 0.3) is 0 Å². The minimum atomic E-state index is -2.46. The Morgan fingerprint density at radius 3 is 2.29 bits per heavy atom. The van der Waals surface area contributed by atoms with Crippen molar-refractivity contribution in [1.82, 2.24) is 4.90 Å². The molecule has 2 bridgehead atoms. The van der Waals surface area contributed by atoms with E-state index in [9.17, 15) is 29.4 Å². The number of esters is 1. The topological polar surface area (TPSA) is 158 Å². The van der Waals surface area contributed by atoms with E-state index < -0.39 is 65.9 Å².